The molecular formula is C17H15FN4OS. The van der Waals surface area contributed by atoms with E-state index in [1.807, 2.05) is 31.3 Å². The van der Waals surface area contributed by atoms with Crippen molar-refractivity contribution in [2.75, 3.05) is 6.26 Å². The predicted molar refractivity (Wildman–Crippen MR) is 92.0 cm³/mol. The van der Waals surface area contributed by atoms with E-state index in [0.29, 0.717) is 11.1 Å². The Morgan fingerprint density at radius 3 is 2.83 bits per heavy atom. The van der Waals surface area contributed by atoms with E-state index in [-0.39, 0.29) is 4.90 Å². The van der Waals surface area contributed by atoms with Crippen LogP contribution in [0.2, 0.25) is 0 Å². The van der Waals surface area contributed by atoms with E-state index in [1.165, 1.54) is 6.26 Å². The van der Waals surface area contributed by atoms with Crippen molar-refractivity contribution in [3.8, 4) is 11.1 Å². The summed E-state index contributed by atoms with van der Waals surface area (Å²) in [6.07, 6.45) is 4.98. The first kappa shape index (κ1) is 15.0. The number of pyridine rings is 1. The highest BCUT2D eigenvalue weighted by Crippen LogP contribution is 2.37. The molecule has 1 unspecified atom stereocenters. The number of aryl methyl sites for hydroxylation is 1. The van der Waals surface area contributed by atoms with Crippen LogP contribution in [-0.2, 0) is 10.8 Å². The molecule has 0 saturated heterocycles. The number of nitrogens with zero attached hydrogens (tertiary/aromatic N) is 3. The molecule has 7 heteroatoms. The number of H-pyrrole nitrogens is 1. The van der Waals surface area contributed by atoms with Crippen molar-refractivity contribution >= 4 is 27.2 Å². The molecule has 0 fully saturated rings. The fraction of sp³-hybridized carbons (Fsp3) is 0.176. The van der Waals surface area contributed by atoms with Crippen molar-refractivity contribution in [3.05, 3.63) is 47.7 Å². The number of benzene rings is 1. The third-order valence-corrected chi connectivity index (χ3v) is 5.16. The van der Waals surface area contributed by atoms with Gasteiger partial charge < -0.3 is 0 Å². The predicted octanol–water partition coefficient (Wildman–Crippen LogP) is 3.37. The summed E-state index contributed by atoms with van der Waals surface area (Å²) >= 11 is 0. The molecule has 1 aromatic carbocycles. The Hall–Kier alpha value is -2.54. The van der Waals surface area contributed by atoms with Crippen LogP contribution < -0.4 is 0 Å². The van der Waals surface area contributed by atoms with Crippen molar-refractivity contribution in [1.82, 2.24) is 19.8 Å². The van der Waals surface area contributed by atoms with Gasteiger partial charge in [0.15, 0.2) is 0 Å². The molecule has 1 atom stereocenters. The summed E-state index contributed by atoms with van der Waals surface area (Å²) in [7, 11) is -1.45. The van der Waals surface area contributed by atoms with Gasteiger partial charge in [-0.1, -0.05) is 0 Å². The van der Waals surface area contributed by atoms with Crippen LogP contribution >= 0.6 is 0 Å². The maximum Gasteiger partial charge on any atom is 0.145 e. The second kappa shape index (κ2) is 5.24. The van der Waals surface area contributed by atoms with Gasteiger partial charge in [0.25, 0.3) is 0 Å². The van der Waals surface area contributed by atoms with Crippen LogP contribution in [0.3, 0.4) is 0 Å². The van der Waals surface area contributed by atoms with Crippen molar-refractivity contribution in [1.29, 1.82) is 0 Å². The molecule has 0 bridgehead atoms. The number of nitrogens with one attached hydrogen (secondary N) is 1. The number of fused-ring (bicyclic) bond motifs is 2. The lowest BCUT2D eigenvalue weighted by atomic mass is 9.97. The summed E-state index contributed by atoms with van der Waals surface area (Å²) in [5.41, 5.74) is 4.43. The molecule has 0 spiro atoms. The third-order valence-electron chi connectivity index (χ3n) is 4.20. The Kier molecular flexibility index (Phi) is 3.28. The molecule has 0 saturated carbocycles. The summed E-state index contributed by atoms with van der Waals surface area (Å²) < 4.78 is 28.6. The standard InChI is InChI=1S/C17H15FN4OS/c1-9-6-12-7-11(4-5-22(12)21-9)14-10(2)15(18)17(24(3)23)16-13(14)8-19-20-16/h4-8H,1-3H3,(H,19,20). The molecular weight excluding hydrogens is 327 g/mol. The number of hydrogen-bond donors (Lipinski definition) is 1. The molecule has 4 aromatic rings. The van der Waals surface area contributed by atoms with Gasteiger partial charge in [-0.2, -0.15) is 10.2 Å². The van der Waals surface area contributed by atoms with Crippen LogP contribution in [0.15, 0.2) is 35.5 Å². The second-order valence-corrected chi connectivity index (χ2v) is 7.14. The lowest BCUT2D eigenvalue weighted by Crippen LogP contribution is -2.00. The van der Waals surface area contributed by atoms with Gasteiger partial charge in [0.05, 0.1) is 33.7 Å². The van der Waals surface area contributed by atoms with E-state index in [9.17, 15) is 8.60 Å². The molecule has 122 valence electrons. The zero-order valence-electron chi connectivity index (χ0n) is 13.4. The molecule has 5 nitrogen and oxygen atoms in total. The van der Waals surface area contributed by atoms with Gasteiger partial charge in [0.2, 0.25) is 0 Å². The normalized spacial score (nSPS) is 13.0. The average molecular weight is 342 g/mol. The first-order valence-electron chi connectivity index (χ1n) is 7.42. The highest BCUT2D eigenvalue weighted by atomic mass is 32.2. The lowest BCUT2D eigenvalue weighted by molar-refractivity contribution is 0.591. The van der Waals surface area contributed by atoms with Crippen LogP contribution in [0.25, 0.3) is 27.5 Å². The smallest absolute Gasteiger partial charge is 0.145 e. The third kappa shape index (κ3) is 2.08. The molecule has 0 aliphatic rings. The Morgan fingerprint density at radius 2 is 2.08 bits per heavy atom. The van der Waals surface area contributed by atoms with Gasteiger partial charge in [-0.25, -0.2) is 8.91 Å². The maximum atomic E-state index is 14.9. The number of rotatable bonds is 2. The second-order valence-electron chi connectivity index (χ2n) is 5.83. The van der Waals surface area contributed by atoms with E-state index in [1.54, 1.807) is 17.6 Å². The highest BCUT2D eigenvalue weighted by molar-refractivity contribution is 7.84. The molecule has 24 heavy (non-hydrogen) atoms. The van der Waals surface area contributed by atoms with Gasteiger partial charge >= 0.3 is 0 Å². The summed E-state index contributed by atoms with van der Waals surface area (Å²) in [4.78, 5) is 0.171. The zero-order valence-corrected chi connectivity index (χ0v) is 14.2. The maximum absolute atomic E-state index is 14.9. The summed E-state index contributed by atoms with van der Waals surface area (Å²) in [5.74, 6) is -0.452. The van der Waals surface area contributed by atoms with Crippen LogP contribution in [0.5, 0.6) is 0 Å². The SMILES string of the molecule is Cc1cc2cc(-c3c(C)c(F)c(S(C)=O)c4[nH]ncc34)ccn2n1. The first-order chi connectivity index (χ1) is 11.5. The summed E-state index contributed by atoms with van der Waals surface area (Å²) in [5, 5.41) is 11.9. The van der Waals surface area contributed by atoms with E-state index < -0.39 is 16.6 Å². The summed E-state index contributed by atoms with van der Waals surface area (Å²) in [6, 6.07) is 5.84. The number of halogens is 1. The Bertz CT molecular complexity index is 1130. The van der Waals surface area contributed by atoms with Crippen molar-refractivity contribution in [2.45, 2.75) is 18.7 Å². The van der Waals surface area contributed by atoms with Gasteiger partial charge in [-0.05, 0) is 48.7 Å². The molecule has 0 radical (unpaired) electrons. The van der Waals surface area contributed by atoms with E-state index in [0.717, 1.165) is 27.7 Å². The highest BCUT2D eigenvalue weighted by Gasteiger charge is 2.21. The molecule has 3 aromatic heterocycles. The Labute approximate surface area is 140 Å². The van der Waals surface area contributed by atoms with E-state index in [2.05, 4.69) is 15.3 Å². The molecule has 0 aliphatic heterocycles. The number of aromatic amines is 1. The molecule has 3 heterocycles. The minimum absolute atomic E-state index is 0.171. The first-order valence-corrected chi connectivity index (χ1v) is 8.98. The Balaban J connectivity index is 2.08. The lowest BCUT2D eigenvalue weighted by Gasteiger charge is -2.12. The minimum Gasteiger partial charge on any atom is -0.276 e. The quantitative estimate of drug-likeness (QED) is 0.607. The monoisotopic (exact) mass is 342 g/mol. The molecule has 0 amide bonds. The van der Waals surface area contributed by atoms with Gasteiger partial charge in [-0.15, -0.1) is 0 Å². The molecule has 0 aliphatic carbocycles. The van der Waals surface area contributed by atoms with Crippen molar-refractivity contribution in [3.63, 3.8) is 0 Å². The van der Waals surface area contributed by atoms with Gasteiger partial charge in [0, 0.05) is 17.8 Å². The number of hydrogen-bond acceptors (Lipinski definition) is 3. The molecule has 1 N–H and O–H groups in total. The van der Waals surface area contributed by atoms with E-state index in [4.69, 9.17) is 0 Å². The minimum atomic E-state index is -1.45. The van der Waals surface area contributed by atoms with E-state index >= 15 is 0 Å². The van der Waals surface area contributed by atoms with Crippen molar-refractivity contribution < 1.29 is 8.60 Å². The van der Waals surface area contributed by atoms with Crippen LogP contribution in [-0.4, -0.2) is 30.3 Å². The average Bonchev–Trinajstić information content (AvgIpc) is 3.12. The van der Waals surface area contributed by atoms with Gasteiger partial charge in [-0.3, -0.25) is 9.31 Å². The van der Waals surface area contributed by atoms with Crippen LogP contribution in [0, 0.1) is 19.7 Å². The van der Waals surface area contributed by atoms with Crippen LogP contribution in [0.4, 0.5) is 4.39 Å². The Morgan fingerprint density at radius 1 is 1.29 bits per heavy atom. The molecule has 4 rings (SSSR count). The van der Waals surface area contributed by atoms with Crippen molar-refractivity contribution in [2.24, 2.45) is 0 Å². The summed E-state index contributed by atoms with van der Waals surface area (Å²) in [6.45, 7) is 3.64. The van der Waals surface area contributed by atoms with Crippen LogP contribution in [0.1, 0.15) is 11.3 Å². The topological polar surface area (TPSA) is 63.0 Å². The zero-order chi connectivity index (χ0) is 17.0. The fourth-order valence-electron chi connectivity index (χ4n) is 3.16. The number of aromatic nitrogens is 4. The van der Waals surface area contributed by atoms with Gasteiger partial charge in [0.1, 0.15) is 10.7 Å². The largest absolute Gasteiger partial charge is 0.276 e. The fourth-order valence-corrected chi connectivity index (χ4v) is 4.01.